The van der Waals surface area contributed by atoms with Gasteiger partial charge in [-0.1, -0.05) is 6.92 Å². The van der Waals surface area contributed by atoms with Crippen molar-refractivity contribution >= 4 is 5.91 Å². The molecule has 4 heteroatoms. The largest absolute Gasteiger partial charge is 0.342 e. The van der Waals surface area contributed by atoms with E-state index in [0.717, 1.165) is 19.5 Å². The average Bonchev–Trinajstić information content (AvgIpc) is 2.22. The van der Waals surface area contributed by atoms with Gasteiger partial charge < -0.3 is 10.6 Å². The molecule has 2 N–H and O–H groups in total. The molecule has 0 aromatic heterocycles. The fourth-order valence-corrected chi connectivity index (χ4v) is 1.90. The molecule has 0 saturated carbocycles. The van der Waals surface area contributed by atoms with Gasteiger partial charge in [0.15, 0.2) is 0 Å². The van der Waals surface area contributed by atoms with E-state index in [1.54, 1.807) is 4.90 Å². The normalized spacial score (nSPS) is 27.1. The molecule has 1 fully saturated rings. The first-order valence-corrected chi connectivity index (χ1v) is 6.15. The fraction of sp³-hybridized carbons (Fsp3) is 0.917. The van der Waals surface area contributed by atoms with E-state index in [9.17, 15) is 4.79 Å². The zero-order chi connectivity index (χ0) is 12.3. The second kappa shape index (κ2) is 5.64. The molecule has 16 heavy (non-hydrogen) atoms. The van der Waals surface area contributed by atoms with Crippen molar-refractivity contribution in [2.75, 3.05) is 26.7 Å². The molecular formula is C12H25N3O. The summed E-state index contributed by atoms with van der Waals surface area (Å²) < 4.78 is 0. The lowest BCUT2D eigenvalue weighted by atomic mass is 9.94. The van der Waals surface area contributed by atoms with Crippen LogP contribution in [-0.4, -0.2) is 54.5 Å². The van der Waals surface area contributed by atoms with Gasteiger partial charge in [-0.3, -0.25) is 9.69 Å². The number of hydrogen-bond donors (Lipinski definition) is 1. The average molecular weight is 227 g/mol. The molecular weight excluding hydrogens is 202 g/mol. The molecule has 0 aromatic carbocycles. The van der Waals surface area contributed by atoms with E-state index in [4.69, 9.17) is 5.73 Å². The van der Waals surface area contributed by atoms with E-state index in [2.05, 4.69) is 11.8 Å². The first kappa shape index (κ1) is 13.5. The Morgan fingerprint density at radius 2 is 2.19 bits per heavy atom. The molecule has 2 atom stereocenters. The first-order valence-electron chi connectivity index (χ1n) is 6.15. The summed E-state index contributed by atoms with van der Waals surface area (Å²) in [6, 6.07) is 0.482. The Balaban J connectivity index is 2.40. The van der Waals surface area contributed by atoms with Gasteiger partial charge in [0.2, 0.25) is 5.91 Å². The summed E-state index contributed by atoms with van der Waals surface area (Å²) in [5.41, 5.74) is 6.01. The number of rotatable bonds is 3. The summed E-state index contributed by atoms with van der Waals surface area (Å²) in [5, 5.41) is 0. The van der Waals surface area contributed by atoms with Gasteiger partial charge in [-0.25, -0.2) is 0 Å². The summed E-state index contributed by atoms with van der Waals surface area (Å²) in [5.74, 6) is 0.769. The minimum atomic E-state index is 0.191. The van der Waals surface area contributed by atoms with Gasteiger partial charge in [0.05, 0.1) is 6.54 Å². The predicted molar refractivity (Wildman–Crippen MR) is 66.1 cm³/mol. The molecule has 1 amide bonds. The molecule has 1 rings (SSSR count). The van der Waals surface area contributed by atoms with Crippen molar-refractivity contribution < 1.29 is 4.79 Å². The highest BCUT2D eigenvalue weighted by Gasteiger charge is 2.25. The molecule has 94 valence electrons. The highest BCUT2D eigenvalue weighted by Crippen LogP contribution is 2.15. The van der Waals surface area contributed by atoms with Crippen LogP contribution in [0, 0.1) is 5.92 Å². The third kappa shape index (κ3) is 3.46. The Bertz CT molecular complexity index is 242. The van der Waals surface area contributed by atoms with E-state index in [0.29, 0.717) is 12.5 Å². The Labute approximate surface area is 98.8 Å². The first-order chi connectivity index (χ1) is 7.41. The lowest BCUT2D eigenvalue weighted by molar-refractivity contribution is -0.133. The van der Waals surface area contributed by atoms with E-state index in [1.807, 2.05) is 20.9 Å². The van der Waals surface area contributed by atoms with E-state index in [1.165, 1.54) is 0 Å². The summed E-state index contributed by atoms with van der Waals surface area (Å²) in [4.78, 5) is 15.9. The maximum Gasteiger partial charge on any atom is 0.236 e. The molecule has 1 aliphatic heterocycles. The number of carbonyl (C=O) groups is 1. The predicted octanol–water partition coefficient (Wildman–Crippen LogP) is 0.522. The highest BCUT2D eigenvalue weighted by molar-refractivity contribution is 5.78. The molecule has 0 bridgehead atoms. The van der Waals surface area contributed by atoms with Crippen LogP contribution in [-0.2, 0) is 4.79 Å². The summed E-state index contributed by atoms with van der Waals surface area (Å²) in [6.45, 7) is 8.59. The Morgan fingerprint density at radius 1 is 1.56 bits per heavy atom. The van der Waals surface area contributed by atoms with Gasteiger partial charge in [-0.05, 0) is 32.7 Å². The lowest BCUT2D eigenvalue weighted by Gasteiger charge is -2.35. The van der Waals surface area contributed by atoms with E-state index >= 15 is 0 Å². The number of carbonyl (C=O) groups excluding carboxylic acids is 1. The van der Waals surface area contributed by atoms with Gasteiger partial charge in [0, 0.05) is 25.7 Å². The second-order valence-electron chi connectivity index (χ2n) is 5.26. The smallest absolute Gasteiger partial charge is 0.236 e. The topological polar surface area (TPSA) is 49.6 Å². The molecule has 2 unspecified atom stereocenters. The zero-order valence-electron chi connectivity index (χ0n) is 10.9. The van der Waals surface area contributed by atoms with Gasteiger partial charge in [-0.15, -0.1) is 0 Å². The standard InChI is InChI=1S/C12H25N3O/c1-9(2)14(4)12(16)8-15-6-5-10(3)11(13)7-15/h9-11H,5-8,13H2,1-4H3. The molecule has 0 spiro atoms. The number of nitrogens with two attached hydrogens (primary N) is 1. The Hall–Kier alpha value is -0.610. The van der Waals surface area contributed by atoms with Crippen LogP contribution in [0.3, 0.4) is 0 Å². The van der Waals surface area contributed by atoms with Crippen LogP contribution < -0.4 is 5.73 Å². The number of likely N-dealkylation sites (tertiary alicyclic amines) is 1. The monoisotopic (exact) mass is 227 g/mol. The van der Waals surface area contributed by atoms with Crippen LogP contribution in [0.2, 0.25) is 0 Å². The molecule has 0 aliphatic carbocycles. The van der Waals surface area contributed by atoms with Crippen LogP contribution in [0.1, 0.15) is 27.2 Å². The third-order valence-corrected chi connectivity index (χ3v) is 3.63. The van der Waals surface area contributed by atoms with Crippen molar-refractivity contribution in [3.05, 3.63) is 0 Å². The van der Waals surface area contributed by atoms with Crippen molar-refractivity contribution in [1.29, 1.82) is 0 Å². The highest BCUT2D eigenvalue weighted by atomic mass is 16.2. The van der Waals surface area contributed by atoms with Crippen molar-refractivity contribution in [2.24, 2.45) is 11.7 Å². The fourth-order valence-electron chi connectivity index (χ4n) is 1.90. The third-order valence-electron chi connectivity index (χ3n) is 3.63. The number of amides is 1. The lowest BCUT2D eigenvalue weighted by Crippen LogP contribution is -2.51. The molecule has 0 aromatic rings. The quantitative estimate of drug-likeness (QED) is 0.765. The molecule has 4 nitrogen and oxygen atoms in total. The van der Waals surface area contributed by atoms with Crippen LogP contribution >= 0.6 is 0 Å². The van der Waals surface area contributed by atoms with Gasteiger partial charge in [0.25, 0.3) is 0 Å². The van der Waals surface area contributed by atoms with Gasteiger partial charge in [-0.2, -0.15) is 0 Å². The molecule has 0 radical (unpaired) electrons. The summed E-state index contributed by atoms with van der Waals surface area (Å²) >= 11 is 0. The maximum atomic E-state index is 11.9. The van der Waals surface area contributed by atoms with Crippen molar-refractivity contribution in [3.8, 4) is 0 Å². The number of piperidine rings is 1. The van der Waals surface area contributed by atoms with Crippen LogP contribution in [0.15, 0.2) is 0 Å². The van der Waals surface area contributed by atoms with E-state index < -0.39 is 0 Å². The minimum absolute atomic E-state index is 0.191. The van der Waals surface area contributed by atoms with Crippen molar-refractivity contribution in [3.63, 3.8) is 0 Å². The van der Waals surface area contributed by atoms with Gasteiger partial charge >= 0.3 is 0 Å². The maximum absolute atomic E-state index is 11.9. The zero-order valence-corrected chi connectivity index (χ0v) is 10.9. The van der Waals surface area contributed by atoms with Crippen LogP contribution in [0.5, 0.6) is 0 Å². The second-order valence-corrected chi connectivity index (χ2v) is 5.26. The molecule has 1 heterocycles. The Kier molecular flexibility index (Phi) is 4.74. The number of likely N-dealkylation sites (N-methyl/N-ethyl adjacent to an activating group) is 1. The van der Waals surface area contributed by atoms with Crippen molar-refractivity contribution in [1.82, 2.24) is 9.80 Å². The molecule has 1 saturated heterocycles. The minimum Gasteiger partial charge on any atom is -0.342 e. The summed E-state index contributed by atoms with van der Waals surface area (Å²) in [7, 11) is 1.86. The number of hydrogen-bond acceptors (Lipinski definition) is 3. The SMILES string of the molecule is CC1CCN(CC(=O)N(C)C(C)C)CC1N. The Morgan fingerprint density at radius 3 is 2.69 bits per heavy atom. The van der Waals surface area contributed by atoms with Crippen LogP contribution in [0.4, 0.5) is 0 Å². The van der Waals surface area contributed by atoms with E-state index in [-0.39, 0.29) is 18.0 Å². The molecule has 1 aliphatic rings. The number of nitrogens with zero attached hydrogens (tertiary/aromatic N) is 2. The van der Waals surface area contributed by atoms with Crippen LogP contribution in [0.25, 0.3) is 0 Å². The van der Waals surface area contributed by atoms with Gasteiger partial charge in [0.1, 0.15) is 0 Å². The summed E-state index contributed by atoms with van der Waals surface area (Å²) in [6.07, 6.45) is 1.10. The van der Waals surface area contributed by atoms with Crippen molar-refractivity contribution in [2.45, 2.75) is 39.3 Å².